The second-order valence-electron chi connectivity index (χ2n) is 6.60. The molecule has 2 N–H and O–H groups in total. The molecule has 1 amide bonds. The van der Waals surface area contributed by atoms with Crippen molar-refractivity contribution in [3.05, 3.63) is 72.3 Å². The third-order valence-electron chi connectivity index (χ3n) is 4.62. The number of rotatable bonds is 6. The molecule has 0 fully saturated rings. The number of hydrogen-bond acceptors (Lipinski definition) is 4. The van der Waals surface area contributed by atoms with E-state index in [2.05, 4.69) is 15.3 Å². The number of ether oxygens (including phenoxy) is 2. The van der Waals surface area contributed by atoms with E-state index in [4.69, 9.17) is 9.47 Å². The number of hydrogen-bond donors (Lipinski definition) is 2. The largest absolute Gasteiger partial charge is 0.493 e. The Bertz CT molecular complexity index is 1130. The fraction of sp³-hybridized carbons (Fsp3) is 0.130. The number of anilines is 1. The second-order valence-corrected chi connectivity index (χ2v) is 6.60. The minimum atomic E-state index is -0.112. The number of aromatic nitrogens is 2. The van der Waals surface area contributed by atoms with Crippen LogP contribution in [0.2, 0.25) is 0 Å². The van der Waals surface area contributed by atoms with Gasteiger partial charge in [0.25, 0.3) is 0 Å². The van der Waals surface area contributed by atoms with Gasteiger partial charge in [0, 0.05) is 11.3 Å². The smallest absolute Gasteiger partial charge is 0.228 e. The van der Waals surface area contributed by atoms with Crippen molar-refractivity contribution >= 4 is 22.6 Å². The Kier molecular flexibility index (Phi) is 5.16. The standard InChI is InChI=1S/C23H21N3O3/c1-28-20-11-10-15(12-21(20)29-2)13-22(27)24-17-7-5-6-16(14-17)23-25-18-8-3-4-9-19(18)26-23/h3-12,14H,13H2,1-2H3,(H,24,27)(H,25,26). The maximum Gasteiger partial charge on any atom is 0.228 e. The zero-order valence-electron chi connectivity index (χ0n) is 16.2. The lowest BCUT2D eigenvalue weighted by molar-refractivity contribution is -0.115. The van der Waals surface area contributed by atoms with Crippen molar-refractivity contribution in [3.63, 3.8) is 0 Å². The third-order valence-corrected chi connectivity index (χ3v) is 4.62. The average Bonchev–Trinajstić information content (AvgIpc) is 3.18. The normalized spacial score (nSPS) is 10.7. The molecule has 6 nitrogen and oxygen atoms in total. The van der Waals surface area contributed by atoms with E-state index in [1.165, 1.54) is 0 Å². The number of H-pyrrole nitrogens is 1. The Balaban J connectivity index is 1.49. The minimum Gasteiger partial charge on any atom is -0.493 e. The molecule has 0 saturated heterocycles. The van der Waals surface area contributed by atoms with Gasteiger partial charge in [-0.3, -0.25) is 4.79 Å². The van der Waals surface area contributed by atoms with Gasteiger partial charge < -0.3 is 19.8 Å². The molecule has 1 aromatic heterocycles. The molecule has 0 aliphatic carbocycles. The lowest BCUT2D eigenvalue weighted by Crippen LogP contribution is -2.14. The number of amides is 1. The van der Waals surface area contributed by atoms with Crippen LogP contribution in [0.3, 0.4) is 0 Å². The molecule has 4 rings (SSSR count). The summed E-state index contributed by atoms with van der Waals surface area (Å²) in [4.78, 5) is 20.4. The van der Waals surface area contributed by atoms with Crippen LogP contribution in [-0.2, 0) is 11.2 Å². The number of aromatic amines is 1. The fourth-order valence-electron chi connectivity index (χ4n) is 3.21. The molecule has 29 heavy (non-hydrogen) atoms. The summed E-state index contributed by atoms with van der Waals surface area (Å²) in [6, 6.07) is 21.0. The van der Waals surface area contributed by atoms with Gasteiger partial charge in [0.05, 0.1) is 31.7 Å². The first-order valence-electron chi connectivity index (χ1n) is 9.22. The molecule has 0 atom stereocenters. The first kappa shape index (κ1) is 18.6. The molecule has 4 aromatic rings. The van der Waals surface area contributed by atoms with Crippen molar-refractivity contribution in [1.29, 1.82) is 0 Å². The highest BCUT2D eigenvalue weighted by Gasteiger charge is 2.10. The minimum absolute atomic E-state index is 0.112. The van der Waals surface area contributed by atoms with Crippen molar-refractivity contribution in [1.82, 2.24) is 9.97 Å². The van der Waals surface area contributed by atoms with E-state index >= 15 is 0 Å². The summed E-state index contributed by atoms with van der Waals surface area (Å²) in [6.07, 6.45) is 0.231. The highest BCUT2D eigenvalue weighted by molar-refractivity contribution is 5.93. The summed E-state index contributed by atoms with van der Waals surface area (Å²) >= 11 is 0. The number of fused-ring (bicyclic) bond motifs is 1. The Morgan fingerprint density at radius 3 is 2.59 bits per heavy atom. The van der Waals surface area contributed by atoms with Gasteiger partial charge in [-0.05, 0) is 42.0 Å². The zero-order valence-corrected chi connectivity index (χ0v) is 16.2. The predicted octanol–water partition coefficient (Wildman–Crippen LogP) is 4.43. The summed E-state index contributed by atoms with van der Waals surface area (Å²) in [5.74, 6) is 1.89. The Morgan fingerprint density at radius 1 is 0.966 bits per heavy atom. The number of nitrogens with zero attached hydrogens (tertiary/aromatic N) is 1. The van der Waals surface area contributed by atoms with Gasteiger partial charge in [-0.15, -0.1) is 0 Å². The molecule has 0 radical (unpaired) electrons. The maximum atomic E-state index is 12.5. The van der Waals surface area contributed by atoms with Crippen LogP contribution in [0.5, 0.6) is 11.5 Å². The summed E-state index contributed by atoms with van der Waals surface area (Å²) in [5.41, 5.74) is 4.35. The molecule has 0 saturated carbocycles. The average molecular weight is 387 g/mol. The number of nitrogens with one attached hydrogen (secondary N) is 2. The molecule has 1 heterocycles. The van der Waals surface area contributed by atoms with Crippen molar-refractivity contribution in [2.75, 3.05) is 19.5 Å². The molecular weight excluding hydrogens is 366 g/mol. The maximum absolute atomic E-state index is 12.5. The van der Waals surface area contributed by atoms with Crippen LogP contribution >= 0.6 is 0 Å². The van der Waals surface area contributed by atoms with E-state index in [9.17, 15) is 4.79 Å². The molecular formula is C23H21N3O3. The number of carbonyl (C=O) groups excluding carboxylic acids is 1. The molecule has 0 aliphatic rings. The molecule has 0 bridgehead atoms. The van der Waals surface area contributed by atoms with E-state index in [1.807, 2.05) is 60.7 Å². The van der Waals surface area contributed by atoms with Crippen LogP contribution in [0.25, 0.3) is 22.4 Å². The number of methoxy groups -OCH3 is 2. The number of carbonyl (C=O) groups is 1. The zero-order chi connectivity index (χ0) is 20.2. The summed E-state index contributed by atoms with van der Waals surface area (Å²) in [5, 5.41) is 2.95. The van der Waals surface area contributed by atoms with Crippen LogP contribution in [0.1, 0.15) is 5.56 Å². The van der Waals surface area contributed by atoms with Gasteiger partial charge in [-0.2, -0.15) is 0 Å². The summed E-state index contributed by atoms with van der Waals surface area (Å²) in [6.45, 7) is 0. The van der Waals surface area contributed by atoms with Crippen LogP contribution in [-0.4, -0.2) is 30.1 Å². The fourth-order valence-corrected chi connectivity index (χ4v) is 3.21. The Morgan fingerprint density at radius 2 is 1.79 bits per heavy atom. The van der Waals surface area contributed by atoms with Crippen LogP contribution in [0.4, 0.5) is 5.69 Å². The summed E-state index contributed by atoms with van der Waals surface area (Å²) < 4.78 is 10.5. The van der Waals surface area contributed by atoms with E-state index in [0.717, 1.165) is 28.0 Å². The second kappa shape index (κ2) is 8.06. The molecule has 0 unspecified atom stereocenters. The van der Waals surface area contributed by atoms with E-state index in [0.29, 0.717) is 17.2 Å². The Labute approximate surface area is 168 Å². The molecule has 3 aromatic carbocycles. The van der Waals surface area contributed by atoms with Gasteiger partial charge in [0.1, 0.15) is 5.82 Å². The van der Waals surface area contributed by atoms with E-state index in [-0.39, 0.29) is 12.3 Å². The first-order valence-corrected chi connectivity index (χ1v) is 9.22. The quantitative estimate of drug-likeness (QED) is 0.513. The monoisotopic (exact) mass is 387 g/mol. The van der Waals surface area contributed by atoms with Crippen molar-refractivity contribution in [3.8, 4) is 22.9 Å². The van der Waals surface area contributed by atoms with Gasteiger partial charge in [-0.1, -0.05) is 30.3 Å². The number of benzene rings is 3. The lowest BCUT2D eigenvalue weighted by Gasteiger charge is -2.10. The SMILES string of the molecule is COc1ccc(CC(=O)Nc2cccc(-c3nc4ccccc4[nH]3)c2)cc1OC. The van der Waals surface area contributed by atoms with E-state index < -0.39 is 0 Å². The summed E-state index contributed by atoms with van der Waals surface area (Å²) in [7, 11) is 3.16. The van der Waals surface area contributed by atoms with E-state index in [1.54, 1.807) is 20.3 Å². The van der Waals surface area contributed by atoms with Gasteiger partial charge in [-0.25, -0.2) is 4.98 Å². The first-order chi connectivity index (χ1) is 14.2. The number of para-hydroxylation sites is 2. The topological polar surface area (TPSA) is 76.2 Å². The predicted molar refractivity (Wildman–Crippen MR) is 113 cm³/mol. The van der Waals surface area contributed by atoms with Gasteiger partial charge in [0.2, 0.25) is 5.91 Å². The number of imidazole rings is 1. The van der Waals surface area contributed by atoms with Gasteiger partial charge in [0.15, 0.2) is 11.5 Å². The van der Waals surface area contributed by atoms with Gasteiger partial charge >= 0.3 is 0 Å². The van der Waals surface area contributed by atoms with Crippen LogP contribution in [0.15, 0.2) is 66.7 Å². The molecule has 0 aliphatic heterocycles. The van der Waals surface area contributed by atoms with Crippen LogP contribution < -0.4 is 14.8 Å². The third kappa shape index (κ3) is 4.06. The van der Waals surface area contributed by atoms with Crippen molar-refractivity contribution in [2.45, 2.75) is 6.42 Å². The van der Waals surface area contributed by atoms with Crippen molar-refractivity contribution in [2.24, 2.45) is 0 Å². The molecule has 0 spiro atoms. The molecule has 6 heteroatoms. The van der Waals surface area contributed by atoms with Crippen molar-refractivity contribution < 1.29 is 14.3 Å². The highest BCUT2D eigenvalue weighted by Crippen LogP contribution is 2.28. The molecule has 146 valence electrons. The highest BCUT2D eigenvalue weighted by atomic mass is 16.5. The Hall–Kier alpha value is -3.80. The lowest BCUT2D eigenvalue weighted by atomic mass is 10.1. The van der Waals surface area contributed by atoms with Crippen LogP contribution in [0, 0.1) is 0 Å².